The Morgan fingerprint density at radius 3 is 2.80 bits per heavy atom. The van der Waals surface area contributed by atoms with Crippen molar-refractivity contribution in [3.8, 4) is 0 Å². The Bertz CT molecular complexity index is 109. The van der Waals surface area contributed by atoms with Gasteiger partial charge in [-0.05, 0) is 6.42 Å². The second-order valence-corrected chi connectivity index (χ2v) is 2.54. The van der Waals surface area contributed by atoms with Crippen LogP contribution in [-0.4, -0.2) is 41.7 Å². The summed E-state index contributed by atoms with van der Waals surface area (Å²) in [6.07, 6.45) is -0.245. The fraction of sp³-hybridized carbons (Fsp3) is 1.00. The van der Waals surface area contributed by atoms with Gasteiger partial charge >= 0.3 is 0 Å². The lowest BCUT2D eigenvalue weighted by molar-refractivity contribution is 0.0117. The summed E-state index contributed by atoms with van der Waals surface area (Å²) in [6, 6.07) is -0.447. The number of hydrogen-bond acceptors (Lipinski definition) is 4. The molecule has 1 fully saturated rings. The van der Waals surface area contributed by atoms with Crippen LogP contribution < -0.4 is 5.73 Å². The number of aliphatic hydroxyl groups is 2. The Morgan fingerprint density at radius 2 is 2.40 bits per heavy atom. The van der Waals surface area contributed by atoms with E-state index in [1.54, 1.807) is 0 Å². The van der Waals surface area contributed by atoms with Crippen LogP contribution in [0.3, 0.4) is 0 Å². The summed E-state index contributed by atoms with van der Waals surface area (Å²) >= 11 is 0. The fourth-order valence-corrected chi connectivity index (χ4v) is 1.11. The van der Waals surface area contributed by atoms with Crippen LogP contribution >= 0.6 is 0 Å². The first-order valence-electron chi connectivity index (χ1n) is 3.42. The second-order valence-electron chi connectivity index (χ2n) is 2.54. The Labute approximate surface area is 59.6 Å². The zero-order chi connectivity index (χ0) is 7.56. The standard InChI is InChI=1S/C6H13NO3/c7-4(3-8)6-5(9)1-2-10-6/h4-6,8-9H,1-3,7H2/t4-,5-,6-/m1/s1. The van der Waals surface area contributed by atoms with Crippen molar-refractivity contribution in [2.75, 3.05) is 13.2 Å². The molecule has 1 rings (SSSR count). The molecule has 10 heavy (non-hydrogen) atoms. The molecule has 0 aromatic carbocycles. The predicted molar refractivity (Wildman–Crippen MR) is 35.4 cm³/mol. The lowest BCUT2D eigenvalue weighted by atomic mass is 10.1. The highest BCUT2D eigenvalue weighted by atomic mass is 16.5. The quantitative estimate of drug-likeness (QED) is 0.442. The molecule has 0 aromatic rings. The van der Waals surface area contributed by atoms with Gasteiger partial charge < -0.3 is 20.7 Å². The van der Waals surface area contributed by atoms with Crippen molar-refractivity contribution in [3.05, 3.63) is 0 Å². The Balaban J connectivity index is 2.38. The van der Waals surface area contributed by atoms with Crippen molar-refractivity contribution in [2.45, 2.75) is 24.7 Å². The summed E-state index contributed by atoms with van der Waals surface area (Å²) in [5.41, 5.74) is 5.43. The lowest BCUT2D eigenvalue weighted by Gasteiger charge is -2.18. The smallest absolute Gasteiger partial charge is 0.101 e. The highest BCUT2D eigenvalue weighted by Crippen LogP contribution is 2.14. The van der Waals surface area contributed by atoms with Crippen LogP contribution in [0.4, 0.5) is 0 Å². The second kappa shape index (κ2) is 3.30. The third kappa shape index (κ3) is 1.46. The van der Waals surface area contributed by atoms with Gasteiger partial charge in [0.05, 0.1) is 18.8 Å². The summed E-state index contributed by atoms with van der Waals surface area (Å²) in [5, 5.41) is 17.8. The molecule has 4 nitrogen and oxygen atoms in total. The molecule has 0 aliphatic carbocycles. The molecule has 0 bridgehead atoms. The van der Waals surface area contributed by atoms with Gasteiger partial charge in [0.25, 0.3) is 0 Å². The number of rotatable bonds is 2. The van der Waals surface area contributed by atoms with Crippen LogP contribution in [0.25, 0.3) is 0 Å². The molecule has 1 heterocycles. The first-order valence-corrected chi connectivity index (χ1v) is 3.42. The molecule has 0 unspecified atom stereocenters. The van der Waals surface area contributed by atoms with Crippen molar-refractivity contribution >= 4 is 0 Å². The van der Waals surface area contributed by atoms with E-state index in [1.807, 2.05) is 0 Å². The summed E-state index contributed by atoms with van der Waals surface area (Å²) in [6.45, 7) is 0.404. The molecule has 0 aromatic heterocycles. The minimum Gasteiger partial charge on any atom is -0.395 e. The van der Waals surface area contributed by atoms with Gasteiger partial charge in [-0.25, -0.2) is 0 Å². The molecule has 4 heteroatoms. The van der Waals surface area contributed by atoms with E-state index in [9.17, 15) is 5.11 Å². The van der Waals surface area contributed by atoms with Gasteiger partial charge in [-0.1, -0.05) is 0 Å². The minimum atomic E-state index is -0.498. The van der Waals surface area contributed by atoms with Gasteiger partial charge in [-0.2, -0.15) is 0 Å². The van der Waals surface area contributed by atoms with Crippen LogP contribution in [0.15, 0.2) is 0 Å². The van der Waals surface area contributed by atoms with Crippen LogP contribution in [0.2, 0.25) is 0 Å². The van der Waals surface area contributed by atoms with Crippen molar-refractivity contribution in [2.24, 2.45) is 5.73 Å². The molecular weight excluding hydrogens is 134 g/mol. The lowest BCUT2D eigenvalue weighted by Crippen LogP contribution is -2.43. The third-order valence-corrected chi connectivity index (χ3v) is 1.74. The molecule has 1 saturated heterocycles. The van der Waals surface area contributed by atoms with E-state index in [0.717, 1.165) is 0 Å². The normalized spacial score (nSPS) is 36.3. The molecule has 1 aliphatic rings. The van der Waals surface area contributed by atoms with Gasteiger partial charge in [0.1, 0.15) is 6.10 Å². The summed E-state index contributed by atoms with van der Waals surface area (Å²) in [7, 11) is 0. The van der Waals surface area contributed by atoms with Crippen molar-refractivity contribution < 1.29 is 14.9 Å². The van der Waals surface area contributed by atoms with Gasteiger partial charge in [0, 0.05) is 6.61 Å². The highest BCUT2D eigenvalue weighted by molar-refractivity contribution is 4.83. The average Bonchev–Trinajstić information content (AvgIpc) is 2.34. The number of ether oxygens (including phenoxy) is 1. The van der Waals surface area contributed by atoms with E-state index >= 15 is 0 Å². The van der Waals surface area contributed by atoms with Crippen LogP contribution in [0.5, 0.6) is 0 Å². The molecule has 0 spiro atoms. The first kappa shape index (κ1) is 7.94. The van der Waals surface area contributed by atoms with Crippen LogP contribution in [0, 0.1) is 0 Å². The van der Waals surface area contributed by atoms with Crippen molar-refractivity contribution in [1.82, 2.24) is 0 Å². The van der Waals surface area contributed by atoms with Gasteiger partial charge in [0.15, 0.2) is 0 Å². The zero-order valence-electron chi connectivity index (χ0n) is 5.73. The molecule has 3 atom stereocenters. The maximum atomic E-state index is 9.17. The average molecular weight is 147 g/mol. The number of hydrogen-bond donors (Lipinski definition) is 3. The van der Waals surface area contributed by atoms with E-state index in [1.165, 1.54) is 0 Å². The number of nitrogens with two attached hydrogens (primary N) is 1. The van der Waals surface area contributed by atoms with E-state index in [-0.39, 0.29) is 12.7 Å². The minimum absolute atomic E-state index is 0.137. The predicted octanol–water partition coefficient (Wildman–Crippen LogP) is -1.54. The Morgan fingerprint density at radius 1 is 1.70 bits per heavy atom. The third-order valence-electron chi connectivity index (χ3n) is 1.74. The Kier molecular flexibility index (Phi) is 2.62. The Hall–Kier alpha value is -0.160. The summed E-state index contributed by atoms with van der Waals surface area (Å²) in [5.74, 6) is 0. The molecule has 0 amide bonds. The first-order chi connectivity index (χ1) is 4.75. The molecule has 1 aliphatic heterocycles. The largest absolute Gasteiger partial charge is 0.395 e. The fourth-order valence-electron chi connectivity index (χ4n) is 1.11. The molecular formula is C6H13NO3. The molecule has 0 radical (unpaired) electrons. The van der Waals surface area contributed by atoms with E-state index < -0.39 is 12.1 Å². The van der Waals surface area contributed by atoms with E-state index in [4.69, 9.17) is 15.6 Å². The SMILES string of the molecule is N[C@H](CO)[C@H]1OCC[C@H]1O. The molecule has 0 saturated carbocycles. The zero-order valence-corrected chi connectivity index (χ0v) is 5.73. The van der Waals surface area contributed by atoms with Gasteiger partial charge in [-0.15, -0.1) is 0 Å². The number of aliphatic hydroxyl groups excluding tert-OH is 2. The monoisotopic (exact) mass is 147 g/mol. The van der Waals surface area contributed by atoms with E-state index in [0.29, 0.717) is 13.0 Å². The van der Waals surface area contributed by atoms with Crippen LogP contribution in [0.1, 0.15) is 6.42 Å². The van der Waals surface area contributed by atoms with Gasteiger partial charge in [-0.3, -0.25) is 0 Å². The summed E-state index contributed by atoms with van der Waals surface area (Å²) < 4.78 is 5.08. The van der Waals surface area contributed by atoms with Crippen molar-refractivity contribution in [1.29, 1.82) is 0 Å². The maximum absolute atomic E-state index is 9.17. The summed E-state index contributed by atoms with van der Waals surface area (Å²) in [4.78, 5) is 0. The molecule has 4 N–H and O–H groups in total. The van der Waals surface area contributed by atoms with Crippen molar-refractivity contribution in [3.63, 3.8) is 0 Å². The maximum Gasteiger partial charge on any atom is 0.101 e. The topological polar surface area (TPSA) is 75.7 Å². The van der Waals surface area contributed by atoms with Crippen LogP contribution in [-0.2, 0) is 4.74 Å². The molecule has 60 valence electrons. The van der Waals surface area contributed by atoms with E-state index in [2.05, 4.69) is 0 Å². The highest BCUT2D eigenvalue weighted by Gasteiger charge is 2.30. The van der Waals surface area contributed by atoms with Gasteiger partial charge in [0.2, 0.25) is 0 Å².